The maximum Gasteiger partial charge on any atom is 0.223 e. The highest BCUT2D eigenvalue weighted by Crippen LogP contribution is 2.41. The summed E-state index contributed by atoms with van der Waals surface area (Å²) in [6.07, 6.45) is 1.48. The fraction of sp³-hybridized carbons (Fsp3) is 0.381. The Morgan fingerprint density at radius 2 is 2.00 bits per heavy atom. The van der Waals surface area contributed by atoms with Gasteiger partial charge in [-0.1, -0.05) is 43.3 Å². The molecule has 1 atom stereocenters. The van der Waals surface area contributed by atoms with Crippen molar-refractivity contribution in [3.05, 3.63) is 59.7 Å². The lowest BCUT2D eigenvalue weighted by molar-refractivity contribution is -0.131. The second-order valence-electron chi connectivity index (χ2n) is 6.24. The van der Waals surface area contributed by atoms with Gasteiger partial charge >= 0.3 is 0 Å². The molecule has 2 aromatic rings. The van der Waals surface area contributed by atoms with Crippen molar-refractivity contribution < 1.29 is 14.3 Å². The highest BCUT2D eigenvalue weighted by atomic mass is 32.2. The molecule has 1 aliphatic heterocycles. The van der Waals surface area contributed by atoms with Crippen LogP contribution >= 0.6 is 11.8 Å². The molecule has 4 nitrogen and oxygen atoms in total. The first kappa shape index (κ1) is 18.6. The third kappa shape index (κ3) is 4.33. The summed E-state index contributed by atoms with van der Waals surface area (Å²) in [6, 6.07) is 16.0. The van der Waals surface area contributed by atoms with Gasteiger partial charge in [-0.2, -0.15) is 0 Å². The van der Waals surface area contributed by atoms with Crippen LogP contribution in [-0.2, 0) is 11.4 Å². The molecule has 0 saturated carbocycles. The van der Waals surface area contributed by atoms with E-state index < -0.39 is 0 Å². The number of benzene rings is 2. The zero-order chi connectivity index (χ0) is 18.4. The van der Waals surface area contributed by atoms with Crippen LogP contribution in [0, 0.1) is 0 Å². The molecule has 1 saturated heterocycles. The van der Waals surface area contributed by atoms with E-state index in [1.807, 2.05) is 60.4 Å². The van der Waals surface area contributed by atoms with Gasteiger partial charge in [-0.15, -0.1) is 11.8 Å². The van der Waals surface area contributed by atoms with E-state index in [1.165, 1.54) is 0 Å². The molecular formula is C21H25NO3S. The van der Waals surface area contributed by atoms with E-state index in [2.05, 4.69) is 0 Å². The number of nitrogens with zero attached hydrogens (tertiary/aromatic N) is 1. The van der Waals surface area contributed by atoms with Crippen molar-refractivity contribution in [2.75, 3.05) is 19.4 Å². The summed E-state index contributed by atoms with van der Waals surface area (Å²) in [4.78, 5) is 14.4. The molecule has 0 N–H and O–H groups in total. The van der Waals surface area contributed by atoms with Gasteiger partial charge in [0.15, 0.2) is 11.5 Å². The lowest BCUT2D eigenvalue weighted by atomic mass is 10.1. The van der Waals surface area contributed by atoms with Crippen LogP contribution in [0.1, 0.15) is 36.3 Å². The van der Waals surface area contributed by atoms with E-state index >= 15 is 0 Å². The largest absolute Gasteiger partial charge is 0.493 e. The first-order valence-corrected chi connectivity index (χ1v) is 10.0. The van der Waals surface area contributed by atoms with E-state index in [9.17, 15) is 4.79 Å². The number of methoxy groups -OCH3 is 1. The number of carbonyl (C=O) groups is 1. The zero-order valence-electron chi connectivity index (χ0n) is 15.3. The predicted octanol–water partition coefficient (Wildman–Crippen LogP) is 4.65. The number of hydrogen-bond donors (Lipinski definition) is 0. The van der Waals surface area contributed by atoms with Gasteiger partial charge in [-0.05, 0) is 29.7 Å². The summed E-state index contributed by atoms with van der Waals surface area (Å²) in [5, 5.41) is 0.0547. The first-order chi connectivity index (χ1) is 12.7. The van der Waals surface area contributed by atoms with Gasteiger partial charge in [0, 0.05) is 18.7 Å². The number of thioether (sulfide) groups is 1. The number of ether oxygens (including phenoxy) is 2. The Labute approximate surface area is 159 Å². The first-order valence-electron chi connectivity index (χ1n) is 8.98. The summed E-state index contributed by atoms with van der Waals surface area (Å²) >= 11 is 1.80. The average molecular weight is 372 g/mol. The van der Waals surface area contributed by atoms with Crippen molar-refractivity contribution in [1.82, 2.24) is 4.90 Å². The highest BCUT2D eigenvalue weighted by molar-refractivity contribution is 7.99. The normalized spacial score (nSPS) is 16.5. The Balaban J connectivity index is 1.79. The van der Waals surface area contributed by atoms with Gasteiger partial charge < -0.3 is 14.4 Å². The minimum Gasteiger partial charge on any atom is -0.493 e. The summed E-state index contributed by atoms with van der Waals surface area (Å²) in [7, 11) is 1.64. The van der Waals surface area contributed by atoms with E-state index in [0.717, 1.165) is 29.8 Å². The van der Waals surface area contributed by atoms with Gasteiger partial charge in [0.25, 0.3) is 0 Å². The Morgan fingerprint density at radius 1 is 1.19 bits per heavy atom. The van der Waals surface area contributed by atoms with E-state index in [4.69, 9.17) is 9.47 Å². The highest BCUT2D eigenvalue weighted by Gasteiger charge is 2.30. The molecule has 1 aliphatic rings. The lowest BCUT2D eigenvalue weighted by Crippen LogP contribution is -2.30. The smallest absolute Gasteiger partial charge is 0.223 e. The van der Waals surface area contributed by atoms with Crippen LogP contribution in [0.5, 0.6) is 11.5 Å². The van der Waals surface area contributed by atoms with Crippen molar-refractivity contribution >= 4 is 17.7 Å². The topological polar surface area (TPSA) is 38.8 Å². The van der Waals surface area contributed by atoms with Crippen molar-refractivity contribution in [2.24, 2.45) is 0 Å². The molecule has 5 heteroatoms. The van der Waals surface area contributed by atoms with Crippen LogP contribution in [0.25, 0.3) is 0 Å². The number of hydrogen-bond acceptors (Lipinski definition) is 4. The predicted molar refractivity (Wildman–Crippen MR) is 106 cm³/mol. The van der Waals surface area contributed by atoms with Crippen LogP contribution in [0.4, 0.5) is 0 Å². The van der Waals surface area contributed by atoms with Gasteiger partial charge in [0.1, 0.15) is 12.0 Å². The van der Waals surface area contributed by atoms with Gasteiger partial charge in [-0.3, -0.25) is 4.79 Å². The Kier molecular flexibility index (Phi) is 6.45. The molecule has 0 bridgehead atoms. The summed E-state index contributed by atoms with van der Waals surface area (Å²) < 4.78 is 11.5. The maximum atomic E-state index is 12.4. The Bertz CT molecular complexity index is 735. The third-order valence-corrected chi connectivity index (χ3v) is 5.65. The van der Waals surface area contributed by atoms with Crippen molar-refractivity contribution in [3.63, 3.8) is 0 Å². The Morgan fingerprint density at radius 3 is 2.73 bits per heavy atom. The van der Waals surface area contributed by atoms with E-state index in [1.54, 1.807) is 18.9 Å². The quantitative estimate of drug-likeness (QED) is 0.710. The number of rotatable bonds is 7. The summed E-state index contributed by atoms with van der Waals surface area (Å²) in [5.74, 6) is 2.61. The molecule has 0 aliphatic carbocycles. The van der Waals surface area contributed by atoms with Gasteiger partial charge in [0.05, 0.1) is 7.11 Å². The number of amides is 1. The molecule has 1 fully saturated rings. The minimum atomic E-state index is 0.0547. The van der Waals surface area contributed by atoms with Gasteiger partial charge in [-0.25, -0.2) is 0 Å². The molecular weight excluding hydrogens is 346 g/mol. The fourth-order valence-corrected chi connectivity index (χ4v) is 4.32. The molecule has 0 spiro atoms. The lowest BCUT2D eigenvalue weighted by Gasteiger charge is -2.25. The molecule has 0 radical (unpaired) electrons. The van der Waals surface area contributed by atoms with Crippen LogP contribution < -0.4 is 9.47 Å². The van der Waals surface area contributed by atoms with Crippen LogP contribution in [-0.4, -0.2) is 30.2 Å². The molecule has 1 heterocycles. The monoisotopic (exact) mass is 371 g/mol. The SMILES string of the molecule is CCCC(=O)N1CCS[C@H]1c1ccc(OC)c(OCc2ccccc2)c1. The average Bonchev–Trinajstić information content (AvgIpc) is 3.17. The maximum absolute atomic E-state index is 12.4. The molecule has 2 aromatic carbocycles. The van der Waals surface area contributed by atoms with Crippen molar-refractivity contribution in [2.45, 2.75) is 31.7 Å². The molecule has 26 heavy (non-hydrogen) atoms. The molecule has 0 unspecified atom stereocenters. The van der Waals surface area contributed by atoms with E-state index in [0.29, 0.717) is 24.5 Å². The van der Waals surface area contributed by atoms with Crippen LogP contribution in [0.3, 0.4) is 0 Å². The Hall–Kier alpha value is -2.14. The van der Waals surface area contributed by atoms with Crippen molar-refractivity contribution in [1.29, 1.82) is 0 Å². The second kappa shape index (κ2) is 8.99. The van der Waals surface area contributed by atoms with Gasteiger partial charge in [0.2, 0.25) is 5.91 Å². The molecule has 138 valence electrons. The zero-order valence-corrected chi connectivity index (χ0v) is 16.1. The van der Waals surface area contributed by atoms with Crippen LogP contribution in [0.2, 0.25) is 0 Å². The van der Waals surface area contributed by atoms with Crippen LogP contribution in [0.15, 0.2) is 48.5 Å². The standard InChI is InChI=1S/C21H25NO3S/c1-3-7-20(23)22-12-13-26-21(22)17-10-11-18(24-2)19(14-17)25-15-16-8-5-4-6-9-16/h4-6,8-11,14,21H,3,7,12-13,15H2,1-2H3/t21-/m0/s1. The molecule has 3 rings (SSSR count). The summed E-state index contributed by atoms with van der Waals surface area (Å²) in [6.45, 7) is 3.33. The third-order valence-electron chi connectivity index (χ3n) is 4.39. The number of carbonyl (C=O) groups excluding carboxylic acids is 1. The minimum absolute atomic E-state index is 0.0547. The van der Waals surface area contributed by atoms with E-state index in [-0.39, 0.29) is 11.3 Å². The summed E-state index contributed by atoms with van der Waals surface area (Å²) in [5.41, 5.74) is 2.19. The fourth-order valence-electron chi connectivity index (χ4n) is 3.05. The molecule has 1 amide bonds. The van der Waals surface area contributed by atoms with Crippen molar-refractivity contribution in [3.8, 4) is 11.5 Å². The second-order valence-corrected chi connectivity index (χ2v) is 7.43. The molecule has 0 aromatic heterocycles.